The molecule has 0 bridgehead atoms. The van der Waals surface area contributed by atoms with Gasteiger partial charge in [0.25, 0.3) is 0 Å². The van der Waals surface area contributed by atoms with E-state index in [9.17, 15) is 27.0 Å². The first-order valence-corrected chi connectivity index (χ1v) is 56.7. The van der Waals surface area contributed by atoms with Crippen molar-refractivity contribution in [2.24, 2.45) is 0 Å². The Morgan fingerprint density at radius 1 is 0.358 bits per heavy atom. The van der Waals surface area contributed by atoms with E-state index in [-0.39, 0.29) is 82.7 Å². The number of ether oxygens (including phenoxy) is 4. The standard InChI is InChI=1S/C30H35ClN4O3S.C29H33ClN4O3S.C24H28N6O3S.C23H26N6O3S.4CH4/c31-24-8-6-23(7-9-24)30(21-38-20-22-4-2-1-3-5-22)13-15-35(16-14-30)29-33-26-12-19-39(36)27(26)28(34-29)32-25-10-17-37-18-11-25;30-23-8-6-22(7-9-23)28(20-37-18-21-4-2-1-3-5-21)13-15-34(16-14-28)27-31-24-10-17-38(36)25(24)26(32-27)33-29(19-35)11-12-29;31-34-15-10-19-20(34)22(25-18-8-13-32-14-9-18)28-24(26-19)30-11-6-17(7-12-30)23-27-21(29-33-23)16-4-2-1-3-5-16;30-14-23(9-10-23)27-20-18-17(8-13-33(18)31)24-22(26-20)29-11-6-16(7-12-29)21-25-19(28-32-21)15-4-2-1-3-5-15;;;;/h1-9,25H,10-21H2,(H,32,33,34);1-9,35H,10-20H2,(H,31,32,33);1-5,17-18H,6-15H2,(H,25,26,28);1-5,16,30H,6-14H2,(H,24,26,27);4*1H4. The maximum absolute atomic E-state index is 12.8. The van der Waals surface area contributed by atoms with E-state index in [0.717, 1.165) is 282 Å². The van der Waals surface area contributed by atoms with Crippen molar-refractivity contribution >= 4 is 113 Å². The maximum atomic E-state index is 12.8. The van der Waals surface area contributed by atoms with Crippen LogP contribution in [0.1, 0.15) is 201 Å². The maximum Gasteiger partial charge on any atom is 0.230 e. The van der Waals surface area contributed by atoms with Gasteiger partial charge in [-0.05, 0) is 149 Å². The molecule has 16 heterocycles. The van der Waals surface area contributed by atoms with Crippen LogP contribution in [0.4, 0.5) is 47.1 Å². The number of fused-ring (bicyclic) bond motifs is 4. The molecule has 6 N–H and O–H groups in total. The van der Waals surface area contributed by atoms with Crippen molar-refractivity contribution in [1.29, 1.82) is 0 Å². The highest BCUT2D eigenvalue weighted by Crippen LogP contribution is 2.47. The fraction of sp³-hybridized carbons (Fsp3) is 0.491. The van der Waals surface area contributed by atoms with Crippen molar-refractivity contribution < 1.29 is 55.0 Å². The molecule has 8 fully saturated rings. The number of halogens is 2. The normalized spacial score (nSPS) is 20.8. The lowest BCUT2D eigenvalue weighted by Gasteiger charge is -2.42. The van der Waals surface area contributed by atoms with Crippen LogP contribution in [-0.4, -0.2) is 239 Å². The van der Waals surface area contributed by atoms with Crippen molar-refractivity contribution in [2.75, 3.05) is 169 Å². The number of nitrogens with one attached hydrogen (secondary N) is 4. The fourth-order valence-electron chi connectivity index (χ4n) is 20.8. The average Bonchev–Trinajstić information content (AvgIpc) is 1.69. The van der Waals surface area contributed by atoms with Crippen LogP contribution in [0.2, 0.25) is 10.0 Å². The molecule has 148 heavy (non-hydrogen) atoms. The second kappa shape index (κ2) is 49.1. The Bertz CT molecular complexity index is 6530. The molecule has 6 aromatic heterocycles. The molecule has 2 saturated carbocycles. The molecule has 4 unspecified atom stereocenters. The predicted molar refractivity (Wildman–Crippen MR) is 584 cm³/mol. The van der Waals surface area contributed by atoms with Gasteiger partial charge in [0.05, 0.1) is 117 Å². The van der Waals surface area contributed by atoms with Crippen molar-refractivity contribution in [1.82, 2.24) is 60.2 Å². The molecule has 32 nitrogen and oxygen atoms in total. The zero-order chi connectivity index (χ0) is 98.1. The molecule has 0 spiro atoms. The number of anilines is 8. The predicted octanol–water partition coefficient (Wildman–Crippen LogP) is 17.8. The summed E-state index contributed by atoms with van der Waals surface area (Å²) in [6, 6.07) is 57.3. The van der Waals surface area contributed by atoms with Crippen molar-refractivity contribution in [3.05, 3.63) is 237 Å². The molecule has 6 aromatic carbocycles. The molecule has 10 aliphatic heterocycles. The monoisotopic (exact) mass is 2130 g/mol. The van der Waals surface area contributed by atoms with Gasteiger partial charge in [-0.2, -0.15) is 29.9 Å². The summed E-state index contributed by atoms with van der Waals surface area (Å²) < 4.78 is 85.6. The van der Waals surface area contributed by atoms with E-state index in [1.54, 1.807) is 0 Å². The van der Waals surface area contributed by atoms with Gasteiger partial charge < -0.3 is 79.1 Å². The second-order valence-corrected chi connectivity index (χ2v) is 46.6. The molecule has 38 heteroatoms. The fourth-order valence-corrected chi connectivity index (χ4v) is 26.3. The van der Waals surface area contributed by atoms with Gasteiger partial charge in [-0.25, -0.2) is 19.9 Å². The van der Waals surface area contributed by atoms with Crippen LogP contribution in [-0.2, 0) is 112 Å². The molecule has 6 saturated heterocycles. The third-order valence-corrected chi connectivity index (χ3v) is 36.3. The highest BCUT2D eigenvalue weighted by Gasteiger charge is 2.48. The lowest BCUT2D eigenvalue weighted by molar-refractivity contribution is 0.0591. The van der Waals surface area contributed by atoms with E-state index in [2.05, 4.69) is 110 Å². The van der Waals surface area contributed by atoms with Crippen molar-refractivity contribution in [3.63, 3.8) is 0 Å². The molecule has 788 valence electrons. The molecule has 12 aliphatic rings. The minimum Gasteiger partial charge on any atom is -0.394 e. The van der Waals surface area contributed by atoms with Gasteiger partial charge in [-0.3, -0.25) is 16.8 Å². The van der Waals surface area contributed by atoms with Crippen molar-refractivity contribution in [3.8, 4) is 22.8 Å². The van der Waals surface area contributed by atoms with Crippen LogP contribution in [0.3, 0.4) is 0 Å². The summed E-state index contributed by atoms with van der Waals surface area (Å²) in [7, 11) is -4.28. The number of rotatable bonds is 28. The summed E-state index contributed by atoms with van der Waals surface area (Å²) in [6.07, 6.45) is 17.3. The van der Waals surface area contributed by atoms with Crippen LogP contribution < -0.4 is 40.9 Å². The Labute approximate surface area is 887 Å². The number of benzene rings is 6. The number of aromatic nitrogens is 12. The van der Waals surface area contributed by atoms with Gasteiger partial charge >= 0.3 is 0 Å². The largest absolute Gasteiger partial charge is 0.394 e. The summed E-state index contributed by atoms with van der Waals surface area (Å²) in [5.74, 6) is 11.0. The van der Waals surface area contributed by atoms with Crippen molar-refractivity contribution in [2.45, 2.75) is 237 Å². The quantitative estimate of drug-likeness (QED) is 0.0265. The van der Waals surface area contributed by atoms with E-state index in [1.807, 2.05) is 121 Å². The van der Waals surface area contributed by atoms with Crippen LogP contribution in [0.25, 0.3) is 22.8 Å². The Kier molecular flexibility index (Phi) is 36.0. The number of hydrogen-bond donors (Lipinski definition) is 6. The molecular formula is C110H138Cl2N20O12S4. The Morgan fingerprint density at radius 2 is 0.655 bits per heavy atom. The second-order valence-electron chi connectivity index (χ2n) is 39.7. The molecule has 0 radical (unpaired) electrons. The Morgan fingerprint density at radius 3 is 0.966 bits per heavy atom. The van der Waals surface area contributed by atoms with E-state index in [1.165, 1.54) is 16.7 Å². The SMILES string of the molecule is C.C.C.C.O=S1CCc2nc(N3CCC(COCc4ccccc4)(c4ccc(Cl)cc4)CC3)nc(NC3(CO)CC3)c21.O=S1CCc2nc(N3CCC(COCc4ccccc4)(c4ccc(Cl)cc4)CC3)nc(NC3CCOCC3)c21.O=S1CCc2nc(N3CCC(c4nc(-c5ccccc5)no4)CC3)nc(NC3(CO)CC3)c21.O=S1CCc2nc(N3CCC(c4nc(-c5ccccc5)no4)CC3)nc(NC3CCOCC3)c21. The van der Waals surface area contributed by atoms with Gasteiger partial charge in [0.1, 0.15) is 42.9 Å². The van der Waals surface area contributed by atoms with Crippen LogP contribution in [0.5, 0.6) is 0 Å². The number of hydrogen-bond acceptors (Lipinski definition) is 32. The zero-order valence-electron chi connectivity index (χ0n) is 80.7. The lowest BCUT2D eigenvalue weighted by atomic mass is 9.73. The molecule has 12 aromatic rings. The number of aliphatic hydroxyl groups excluding tert-OH is 2. The minimum atomic E-state index is -1.11. The third kappa shape index (κ3) is 25.2. The van der Waals surface area contributed by atoms with E-state index < -0.39 is 43.2 Å². The average molecular weight is 2130 g/mol. The van der Waals surface area contributed by atoms with Gasteiger partial charge in [0.15, 0.2) is 0 Å². The molecule has 24 rings (SSSR count). The summed E-state index contributed by atoms with van der Waals surface area (Å²) in [5.41, 5.74) is 9.40. The molecular weight excluding hydrogens is 1990 g/mol. The summed E-state index contributed by atoms with van der Waals surface area (Å²) in [4.78, 5) is 60.1. The first-order valence-electron chi connectivity index (χ1n) is 50.6. The van der Waals surface area contributed by atoms with Gasteiger partial charge in [-0.1, -0.05) is 209 Å². The lowest BCUT2D eigenvalue weighted by Crippen LogP contribution is -2.46. The van der Waals surface area contributed by atoms with E-state index in [0.29, 0.717) is 120 Å². The van der Waals surface area contributed by atoms with Gasteiger partial charge in [-0.15, -0.1) is 0 Å². The third-order valence-electron chi connectivity index (χ3n) is 30.0. The highest BCUT2D eigenvalue weighted by molar-refractivity contribution is 7.86. The first-order chi connectivity index (χ1) is 70.5. The Balaban J connectivity index is 0.000000134. The zero-order valence-corrected chi connectivity index (χ0v) is 85.5. The van der Waals surface area contributed by atoms with Crippen LogP contribution >= 0.6 is 23.2 Å². The summed E-state index contributed by atoms with van der Waals surface area (Å²) in [5, 5.41) is 43.4. The highest BCUT2D eigenvalue weighted by atomic mass is 35.5. The van der Waals surface area contributed by atoms with Gasteiger partial charge in [0.2, 0.25) is 47.2 Å². The molecule has 4 atom stereocenters. The minimum absolute atomic E-state index is 0. The smallest absolute Gasteiger partial charge is 0.230 e. The first kappa shape index (κ1) is 108. The van der Waals surface area contributed by atoms with E-state index in [4.69, 9.17) is 91.1 Å². The number of aryl methyl sites for hydroxylation is 4. The van der Waals surface area contributed by atoms with Gasteiger partial charge in [0, 0.05) is 183 Å². The topological polar surface area (TPSA) is 388 Å². The van der Waals surface area contributed by atoms with Crippen LogP contribution in [0.15, 0.2) is 198 Å². The molecule has 0 amide bonds. The summed E-state index contributed by atoms with van der Waals surface area (Å²) in [6.45, 7) is 11.9. The van der Waals surface area contributed by atoms with E-state index >= 15 is 0 Å². The van der Waals surface area contributed by atoms with Crippen LogP contribution in [0, 0.1) is 0 Å². The number of nitrogens with zero attached hydrogens (tertiary/aromatic N) is 16. The summed E-state index contributed by atoms with van der Waals surface area (Å²) >= 11 is 12.5. The Hall–Kier alpha value is -10.7. The molecule has 2 aliphatic carbocycles. The number of piperidine rings is 4. The number of aliphatic hydroxyl groups is 2.